The second-order valence-corrected chi connectivity index (χ2v) is 6.77. The summed E-state index contributed by atoms with van der Waals surface area (Å²) in [6.07, 6.45) is 2.07. The van der Waals surface area contributed by atoms with Crippen LogP contribution in [0.15, 0.2) is 42.5 Å². The van der Waals surface area contributed by atoms with Crippen molar-refractivity contribution in [1.29, 1.82) is 0 Å². The lowest BCUT2D eigenvalue weighted by Gasteiger charge is -2.19. The van der Waals surface area contributed by atoms with Gasteiger partial charge in [0, 0.05) is 36.1 Å². The smallest absolute Gasteiger partial charge is 0.251 e. The molecule has 2 aliphatic rings. The fourth-order valence-electron chi connectivity index (χ4n) is 2.86. The fourth-order valence-corrected chi connectivity index (χ4v) is 2.86. The Morgan fingerprint density at radius 2 is 1.93 bits per heavy atom. The summed E-state index contributed by atoms with van der Waals surface area (Å²) >= 11 is 0. The SMILES string of the molecule is CN(CC(=O)Nc1cccc(C(=O)NC2CC2)c1)c1ccc2c(c1)OCO2. The zero-order valence-corrected chi connectivity index (χ0v) is 15.0. The Hall–Kier alpha value is -3.22. The van der Waals surface area contributed by atoms with E-state index in [1.165, 1.54) is 0 Å². The number of likely N-dealkylation sites (N-methyl/N-ethyl adjacent to an activating group) is 1. The van der Waals surface area contributed by atoms with E-state index in [9.17, 15) is 9.59 Å². The van der Waals surface area contributed by atoms with Crippen LogP contribution >= 0.6 is 0 Å². The minimum absolute atomic E-state index is 0.105. The monoisotopic (exact) mass is 367 g/mol. The molecule has 27 heavy (non-hydrogen) atoms. The molecule has 140 valence electrons. The Bertz CT molecular complexity index is 879. The Kier molecular flexibility index (Phi) is 4.58. The quantitative estimate of drug-likeness (QED) is 0.819. The molecule has 1 heterocycles. The first-order chi connectivity index (χ1) is 13.1. The number of benzene rings is 2. The van der Waals surface area contributed by atoms with Gasteiger partial charge in [-0.2, -0.15) is 0 Å². The summed E-state index contributed by atoms with van der Waals surface area (Å²) in [5.74, 6) is 1.10. The summed E-state index contributed by atoms with van der Waals surface area (Å²) < 4.78 is 10.7. The Morgan fingerprint density at radius 3 is 2.74 bits per heavy atom. The standard InChI is InChI=1S/C20H21N3O4/c1-23(16-7-8-17-18(10-16)27-12-26-17)11-19(24)21-15-4-2-3-13(9-15)20(25)22-14-5-6-14/h2-4,7-10,14H,5-6,11-12H2,1H3,(H,21,24)(H,22,25). The van der Waals surface area contributed by atoms with E-state index in [0.29, 0.717) is 28.8 Å². The average molecular weight is 367 g/mol. The van der Waals surface area contributed by atoms with Gasteiger partial charge in [0.25, 0.3) is 5.91 Å². The molecular formula is C20H21N3O4. The number of amides is 2. The fraction of sp³-hybridized carbons (Fsp3) is 0.300. The molecule has 0 radical (unpaired) electrons. The van der Waals surface area contributed by atoms with Crippen LogP contribution in [0.3, 0.4) is 0 Å². The first-order valence-electron chi connectivity index (χ1n) is 8.90. The number of hydrogen-bond donors (Lipinski definition) is 2. The summed E-state index contributed by atoms with van der Waals surface area (Å²) in [5.41, 5.74) is 2.00. The van der Waals surface area contributed by atoms with Gasteiger partial charge < -0.3 is 25.0 Å². The number of nitrogens with zero attached hydrogens (tertiary/aromatic N) is 1. The number of ether oxygens (including phenoxy) is 2. The van der Waals surface area contributed by atoms with Gasteiger partial charge in [0.15, 0.2) is 11.5 Å². The molecule has 1 saturated carbocycles. The van der Waals surface area contributed by atoms with Gasteiger partial charge in [-0.1, -0.05) is 6.07 Å². The van der Waals surface area contributed by atoms with Crippen LogP contribution in [0.2, 0.25) is 0 Å². The largest absolute Gasteiger partial charge is 0.454 e. The Labute approximate surface area is 157 Å². The molecule has 0 aromatic heterocycles. The van der Waals surface area contributed by atoms with Crippen molar-refractivity contribution in [3.63, 3.8) is 0 Å². The average Bonchev–Trinajstić information content (AvgIpc) is 3.34. The molecule has 0 spiro atoms. The van der Waals surface area contributed by atoms with Crippen LogP contribution < -0.4 is 25.0 Å². The highest BCUT2D eigenvalue weighted by molar-refractivity contribution is 5.98. The first kappa shape index (κ1) is 17.2. The molecule has 1 fully saturated rings. The van der Waals surface area contributed by atoms with E-state index in [2.05, 4.69) is 10.6 Å². The molecular weight excluding hydrogens is 346 g/mol. The van der Waals surface area contributed by atoms with Crippen LogP contribution in [0, 0.1) is 0 Å². The van der Waals surface area contributed by atoms with E-state index in [-0.39, 0.29) is 25.2 Å². The zero-order valence-electron chi connectivity index (χ0n) is 15.0. The molecule has 2 aromatic rings. The minimum atomic E-state index is -0.171. The predicted molar refractivity (Wildman–Crippen MR) is 101 cm³/mol. The summed E-state index contributed by atoms with van der Waals surface area (Å²) in [6, 6.07) is 12.8. The maximum absolute atomic E-state index is 12.4. The van der Waals surface area contributed by atoms with Crippen molar-refractivity contribution in [2.24, 2.45) is 0 Å². The molecule has 0 unspecified atom stereocenters. The van der Waals surface area contributed by atoms with Gasteiger partial charge in [0.05, 0.1) is 6.54 Å². The van der Waals surface area contributed by atoms with E-state index in [1.807, 2.05) is 30.1 Å². The van der Waals surface area contributed by atoms with Gasteiger partial charge >= 0.3 is 0 Å². The van der Waals surface area contributed by atoms with E-state index >= 15 is 0 Å². The second-order valence-electron chi connectivity index (χ2n) is 6.77. The molecule has 7 nitrogen and oxygen atoms in total. The first-order valence-corrected chi connectivity index (χ1v) is 8.90. The van der Waals surface area contributed by atoms with Crippen molar-refractivity contribution >= 4 is 23.2 Å². The number of carbonyl (C=O) groups is 2. The van der Waals surface area contributed by atoms with Gasteiger partial charge in [0.1, 0.15) is 0 Å². The Balaban J connectivity index is 1.36. The van der Waals surface area contributed by atoms with Crippen LogP contribution in [0.1, 0.15) is 23.2 Å². The lowest BCUT2D eigenvalue weighted by molar-refractivity contribution is -0.114. The molecule has 1 aliphatic carbocycles. The van der Waals surface area contributed by atoms with Gasteiger partial charge in [-0.15, -0.1) is 0 Å². The number of hydrogen-bond acceptors (Lipinski definition) is 5. The number of fused-ring (bicyclic) bond motifs is 1. The highest BCUT2D eigenvalue weighted by Crippen LogP contribution is 2.35. The predicted octanol–water partition coefficient (Wildman–Crippen LogP) is 2.38. The topological polar surface area (TPSA) is 79.9 Å². The van der Waals surface area contributed by atoms with Gasteiger partial charge in [0.2, 0.25) is 12.7 Å². The second kappa shape index (κ2) is 7.19. The summed E-state index contributed by atoms with van der Waals surface area (Å²) in [5, 5.41) is 5.79. The molecule has 2 amide bonds. The molecule has 1 aliphatic heterocycles. The third kappa shape index (κ3) is 4.13. The van der Waals surface area contributed by atoms with Crippen molar-refractivity contribution < 1.29 is 19.1 Å². The summed E-state index contributed by atoms with van der Waals surface area (Å²) in [7, 11) is 1.83. The van der Waals surface area contributed by atoms with E-state index < -0.39 is 0 Å². The van der Waals surface area contributed by atoms with Crippen molar-refractivity contribution in [1.82, 2.24) is 5.32 Å². The highest BCUT2D eigenvalue weighted by Gasteiger charge is 2.24. The molecule has 2 N–H and O–H groups in total. The molecule has 2 aromatic carbocycles. The molecule has 0 saturated heterocycles. The van der Waals surface area contributed by atoms with Gasteiger partial charge in [-0.3, -0.25) is 9.59 Å². The van der Waals surface area contributed by atoms with E-state index in [4.69, 9.17) is 9.47 Å². The Morgan fingerprint density at radius 1 is 1.11 bits per heavy atom. The maximum Gasteiger partial charge on any atom is 0.251 e. The number of nitrogens with one attached hydrogen (secondary N) is 2. The third-order valence-corrected chi connectivity index (χ3v) is 4.50. The van der Waals surface area contributed by atoms with Crippen LogP contribution in [0.5, 0.6) is 11.5 Å². The van der Waals surface area contributed by atoms with E-state index in [1.54, 1.807) is 24.3 Å². The molecule has 4 rings (SSSR count). The maximum atomic E-state index is 12.4. The highest BCUT2D eigenvalue weighted by atomic mass is 16.7. The van der Waals surface area contributed by atoms with Crippen molar-refractivity contribution in [2.45, 2.75) is 18.9 Å². The van der Waals surface area contributed by atoms with Gasteiger partial charge in [-0.05, 0) is 43.2 Å². The summed E-state index contributed by atoms with van der Waals surface area (Å²) in [4.78, 5) is 26.3. The number of carbonyl (C=O) groups excluding carboxylic acids is 2. The summed E-state index contributed by atoms with van der Waals surface area (Å²) in [6.45, 7) is 0.381. The molecule has 7 heteroatoms. The van der Waals surface area contributed by atoms with Crippen molar-refractivity contribution in [3.8, 4) is 11.5 Å². The molecule has 0 bridgehead atoms. The lowest BCUT2D eigenvalue weighted by Crippen LogP contribution is -2.30. The lowest BCUT2D eigenvalue weighted by atomic mass is 10.2. The normalized spacial score (nSPS) is 14.6. The van der Waals surface area contributed by atoms with Crippen LogP contribution in [0.4, 0.5) is 11.4 Å². The minimum Gasteiger partial charge on any atom is -0.454 e. The molecule has 0 atom stereocenters. The van der Waals surface area contributed by atoms with Crippen LogP contribution in [-0.4, -0.2) is 38.2 Å². The van der Waals surface area contributed by atoms with Crippen LogP contribution in [-0.2, 0) is 4.79 Å². The zero-order chi connectivity index (χ0) is 18.8. The van der Waals surface area contributed by atoms with E-state index in [0.717, 1.165) is 18.5 Å². The van der Waals surface area contributed by atoms with Crippen LogP contribution in [0.25, 0.3) is 0 Å². The van der Waals surface area contributed by atoms with Gasteiger partial charge in [-0.25, -0.2) is 0 Å². The third-order valence-electron chi connectivity index (χ3n) is 4.50. The number of rotatable bonds is 6. The van der Waals surface area contributed by atoms with Crippen molar-refractivity contribution in [2.75, 3.05) is 30.6 Å². The van der Waals surface area contributed by atoms with Crippen molar-refractivity contribution in [3.05, 3.63) is 48.0 Å². The number of anilines is 2.